The monoisotopic (exact) mass is 291 g/mol. The van der Waals surface area contributed by atoms with Crippen molar-refractivity contribution in [3.05, 3.63) is 54.4 Å². The number of fused-ring (bicyclic) bond motifs is 2. The van der Waals surface area contributed by atoms with Crippen LogP contribution >= 0.6 is 0 Å². The van der Waals surface area contributed by atoms with Gasteiger partial charge in [0.2, 0.25) is 5.91 Å². The van der Waals surface area contributed by atoms with Crippen molar-refractivity contribution in [3.8, 4) is 0 Å². The zero-order valence-corrected chi connectivity index (χ0v) is 12.3. The van der Waals surface area contributed by atoms with E-state index in [9.17, 15) is 4.79 Å². The van der Waals surface area contributed by atoms with Crippen LogP contribution in [0.1, 0.15) is 24.8 Å². The highest BCUT2D eigenvalue weighted by Crippen LogP contribution is 2.38. The lowest BCUT2D eigenvalue weighted by atomic mass is 10.0. The first-order valence-corrected chi connectivity index (χ1v) is 7.70. The zero-order valence-electron chi connectivity index (χ0n) is 12.3. The average Bonchev–Trinajstić information content (AvgIpc) is 2.98. The number of benzene rings is 1. The van der Waals surface area contributed by atoms with Crippen LogP contribution in [0, 0.1) is 5.92 Å². The minimum atomic E-state index is -0.0470. The first-order valence-electron chi connectivity index (χ1n) is 7.70. The summed E-state index contributed by atoms with van der Waals surface area (Å²) in [5.41, 5.74) is 3.95. The highest BCUT2D eigenvalue weighted by Gasteiger charge is 2.36. The molecule has 4 nitrogen and oxygen atoms in total. The molecule has 2 aliphatic rings. The molecule has 0 saturated heterocycles. The molecule has 2 heterocycles. The van der Waals surface area contributed by atoms with Crippen molar-refractivity contribution < 1.29 is 4.79 Å². The summed E-state index contributed by atoms with van der Waals surface area (Å²) in [6.45, 7) is 0.567. The Kier molecular flexibility index (Phi) is 3.22. The van der Waals surface area contributed by atoms with Crippen LogP contribution in [0.15, 0.2) is 53.8 Å². The standard InChI is InChI=1S/C18H17N3O/c22-18-14-4-3-6-15(14)20-16-5-1-2-7-17(16)21(18)12-13-8-10-19-11-9-13/h1-2,5,7-11,14H,3-4,6,12H2. The van der Waals surface area contributed by atoms with Gasteiger partial charge in [0, 0.05) is 18.1 Å². The third-order valence-corrected chi connectivity index (χ3v) is 4.42. The molecule has 1 saturated carbocycles. The fourth-order valence-corrected chi connectivity index (χ4v) is 3.31. The molecule has 0 spiro atoms. The van der Waals surface area contributed by atoms with E-state index < -0.39 is 0 Å². The van der Waals surface area contributed by atoms with Gasteiger partial charge in [-0.1, -0.05) is 12.1 Å². The Balaban J connectivity index is 1.78. The summed E-state index contributed by atoms with van der Waals surface area (Å²) in [5.74, 6) is 0.132. The second-order valence-electron chi connectivity index (χ2n) is 5.82. The van der Waals surface area contributed by atoms with Crippen LogP contribution in [0.4, 0.5) is 11.4 Å². The van der Waals surface area contributed by atoms with Crippen molar-refractivity contribution in [2.24, 2.45) is 10.9 Å². The van der Waals surface area contributed by atoms with Crippen molar-refractivity contribution in [2.45, 2.75) is 25.8 Å². The SMILES string of the molecule is O=C1C2CCCC2=Nc2ccccc2N1Cc1ccncc1. The summed E-state index contributed by atoms with van der Waals surface area (Å²) in [6, 6.07) is 11.8. The molecular formula is C18H17N3O. The van der Waals surface area contributed by atoms with Gasteiger partial charge in [-0.15, -0.1) is 0 Å². The lowest BCUT2D eigenvalue weighted by Crippen LogP contribution is -2.36. The summed E-state index contributed by atoms with van der Waals surface area (Å²) < 4.78 is 0. The summed E-state index contributed by atoms with van der Waals surface area (Å²) in [5, 5.41) is 0. The van der Waals surface area contributed by atoms with Gasteiger partial charge in [-0.2, -0.15) is 0 Å². The molecule has 0 N–H and O–H groups in total. The van der Waals surface area contributed by atoms with Gasteiger partial charge in [0.1, 0.15) is 0 Å². The van der Waals surface area contributed by atoms with Crippen molar-refractivity contribution in [2.75, 3.05) is 4.90 Å². The molecule has 22 heavy (non-hydrogen) atoms. The van der Waals surface area contributed by atoms with E-state index in [0.29, 0.717) is 6.54 Å². The highest BCUT2D eigenvalue weighted by molar-refractivity contribution is 6.14. The fourth-order valence-electron chi connectivity index (χ4n) is 3.31. The zero-order chi connectivity index (χ0) is 14.9. The van der Waals surface area contributed by atoms with E-state index in [2.05, 4.69) is 4.98 Å². The molecule has 1 unspecified atom stereocenters. The number of amides is 1. The molecule has 1 aromatic heterocycles. The van der Waals surface area contributed by atoms with E-state index in [4.69, 9.17) is 4.99 Å². The number of para-hydroxylation sites is 2. The van der Waals surface area contributed by atoms with Crippen LogP contribution in [0.2, 0.25) is 0 Å². The molecule has 4 heteroatoms. The molecule has 0 bridgehead atoms. The average molecular weight is 291 g/mol. The van der Waals surface area contributed by atoms with Gasteiger partial charge in [-0.25, -0.2) is 0 Å². The topological polar surface area (TPSA) is 45.6 Å². The number of carbonyl (C=O) groups excluding carboxylic acids is 1. The number of rotatable bonds is 2. The number of hydrogen-bond donors (Lipinski definition) is 0. The van der Waals surface area contributed by atoms with Crippen molar-refractivity contribution in [3.63, 3.8) is 0 Å². The van der Waals surface area contributed by atoms with Crippen LogP contribution in [0.25, 0.3) is 0 Å². The number of aliphatic imine (C=N–C) groups is 1. The Labute approximate surface area is 129 Å². The van der Waals surface area contributed by atoms with Crippen LogP contribution in [0.3, 0.4) is 0 Å². The molecule has 1 aliphatic heterocycles. The molecule has 2 aromatic rings. The summed E-state index contributed by atoms with van der Waals surface area (Å²) in [7, 11) is 0. The largest absolute Gasteiger partial charge is 0.305 e. The van der Waals surface area contributed by atoms with E-state index in [-0.39, 0.29) is 11.8 Å². The molecule has 1 fully saturated rings. The summed E-state index contributed by atoms with van der Waals surface area (Å²) in [6.07, 6.45) is 6.44. The van der Waals surface area contributed by atoms with Crippen molar-refractivity contribution in [1.29, 1.82) is 0 Å². The van der Waals surface area contributed by atoms with E-state index in [1.165, 1.54) is 0 Å². The molecular weight excluding hydrogens is 274 g/mol. The van der Waals surface area contributed by atoms with E-state index in [0.717, 1.165) is 41.9 Å². The number of carbonyl (C=O) groups is 1. The lowest BCUT2D eigenvalue weighted by molar-refractivity contribution is -0.120. The normalized spacial score (nSPS) is 20.2. The highest BCUT2D eigenvalue weighted by atomic mass is 16.2. The van der Waals surface area contributed by atoms with Gasteiger partial charge < -0.3 is 4.90 Å². The van der Waals surface area contributed by atoms with E-state index >= 15 is 0 Å². The van der Waals surface area contributed by atoms with Crippen LogP contribution in [-0.4, -0.2) is 16.6 Å². The smallest absolute Gasteiger partial charge is 0.236 e. The Hall–Kier alpha value is -2.49. The van der Waals surface area contributed by atoms with E-state index in [1.54, 1.807) is 12.4 Å². The van der Waals surface area contributed by atoms with Crippen LogP contribution < -0.4 is 4.90 Å². The maximum absolute atomic E-state index is 13.0. The van der Waals surface area contributed by atoms with Gasteiger partial charge in [0.15, 0.2) is 0 Å². The summed E-state index contributed by atoms with van der Waals surface area (Å²) in [4.78, 5) is 23.7. The van der Waals surface area contributed by atoms with Crippen molar-refractivity contribution in [1.82, 2.24) is 4.98 Å². The Morgan fingerprint density at radius 3 is 2.82 bits per heavy atom. The predicted molar refractivity (Wildman–Crippen MR) is 86.3 cm³/mol. The number of pyridine rings is 1. The Bertz CT molecular complexity index is 739. The molecule has 1 aromatic carbocycles. The maximum atomic E-state index is 13.0. The molecule has 1 aliphatic carbocycles. The molecule has 0 radical (unpaired) electrons. The van der Waals surface area contributed by atoms with Crippen LogP contribution in [-0.2, 0) is 11.3 Å². The minimum Gasteiger partial charge on any atom is -0.305 e. The van der Waals surface area contributed by atoms with E-state index in [1.807, 2.05) is 41.3 Å². The van der Waals surface area contributed by atoms with Gasteiger partial charge in [-0.05, 0) is 49.1 Å². The molecule has 1 amide bonds. The predicted octanol–water partition coefficient (Wildman–Crippen LogP) is 3.50. The summed E-state index contributed by atoms with van der Waals surface area (Å²) >= 11 is 0. The first kappa shape index (κ1) is 13.2. The third kappa shape index (κ3) is 2.21. The minimum absolute atomic E-state index is 0.0470. The lowest BCUT2D eigenvalue weighted by Gasteiger charge is -2.24. The number of anilines is 1. The van der Waals surface area contributed by atoms with Crippen LogP contribution in [0.5, 0.6) is 0 Å². The Morgan fingerprint density at radius 2 is 1.95 bits per heavy atom. The van der Waals surface area contributed by atoms with Gasteiger partial charge in [0.05, 0.1) is 23.8 Å². The second kappa shape index (κ2) is 5.37. The number of nitrogens with zero attached hydrogens (tertiary/aromatic N) is 3. The first-order chi connectivity index (χ1) is 10.8. The Morgan fingerprint density at radius 1 is 1.14 bits per heavy atom. The molecule has 110 valence electrons. The molecule has 4 rings (SSSR count). The maximum Gasteiger partial charge on any atom is 0.236 e. The second-order valence-corrected chi connectivity index (χ2v) is 5.82. The van der Waals surface area contributed by atoms with Gasteiger partial charge in [0.25, 0.3) is 0 Å². The quantitative estimate of drug-likeness (QED) is 0.850. The number of hydrogen-bond acceptors (Lipinski definition) is 3. The van der Waals surface area contributed by atoms with Crippen molar-refractivity contribution >= 4 is 23.0 Å². The molecule has 1 atom stereocenters. The number of aromatic nitrogens is 1. The van der Waals surface area contributed by atoms with Gasteiger partial charge in [-0.3, -0.25) is 14.8 Å². The third-order valence-electron chi connectivity index (χ3n) is 4.42. The fraction of sp³-hybridized carbons (Fsp3) is 0.278. The van der Waals surface area contributed by atoms with Gasteiger partial charge >= 0.3 is 0 Å².